The first-order chi connectivity index (χ1) is 24.3. The zero-order chi connectivity index (χ0) is 36.8. The van der Waals surface area contributed by atoms with E-state index >= 15 is 0 Å². The number of amides is 1. The highest BCUT2D eigenvalue weighted by Crippen LogP contribution is 2.22. The molecule has 0 aliphatic carbocycles. The van der Waals surface area contributed by atoms with Crippen molar-refractivity contribution in [3.05, 3.63) is 0 Å². The quantitative estimate of drug-likeness (QED) is 0.114. The van der Waals surface area contributed by atoms with Crippen molar-refractivity contribution in [2.24, 2.45) is 0 Å². The Hall–Kier alpha value is -6.17. The zero-order valence-corrected chi connectivity index (χ0v) is 26.8. The highest BCUT2D eigenvalue weighted by Gasteiger charge is 2.44. The van der Waals surface area contributed by atoms with Gasteiger partial charge in [0.05, 0.1) is 25.9 Å². The summed E-state index contributed by atoms with van der Waals surface area (Å²) in [6, 6.07) is -1.31. The minimum Gasteiger partial charge on any atom is -0.394 e. The fourth-order valence-corrected chi connectivity index (χ4v) is 3.21. The van der Waals surface area contributed by atoms with Crippen LogP contribution in [0.15, 0.2) is 0 Å². The van der Waals surface area contributed by atoms with Crippen LogP contribution in [0.4, 0.5) is 0 Å². The molecule has 0 aromatic carbocycles. The molecule has 1 rings (SSSR count). The fraction of sp³-hybridized carbons (Fsp3) is 0.359. The first kappa shape index (κ1) is 41.9. The molecule has 1 saturated heterocycles. The third-order valence-corrected chi connectivity index (χ3v) is 5.52. The van der Waals surface area contributed by atoms with E-state index in [9.17, 15) is 35.4 Å². The van der Waals surface area contributed by atoms with Gasteiger partial charge in [0.2, 0.25) is 0 Å². The molecular formula is C39H29NO10. The minimum atomic E-state index is -1.72. The molecule has 5 unspecified atom stereocenters. The van der Waals surface area contributed by atoms with Crippen molar-refractivity contribution in [2.75, 3.05) is 26.4 Å². The predicted octanol–water partition coefficient (Wildman–Crippen LogP) is -3.89. The molecule has 0 aromatic heterocycles. The van der Waals surface area contributed by atoms with Crippen LogP contribution in [-0.4, -0.2) is 112 Å². The predicted molar refractivity (Wildman–Crippen MR) is 179 cm³/mol. The second-order valence-electron chi connectivity index (χ2n) is 8.95. The lowest BCUT2D eigenvalue weighted by Crippen LogP contribution is -2.60. The molecule has 0 spiro atoms. The Balaban J connectivity index is 2.73. The van der Waals surface area contributed by atoms with Gasteiger partial charge in [0.1, 0.15) is 36.6 Å². The van der Waals surface area contributed by atoms with E-state index < -0.39 is 68.1 Å². The van der Waals surface area contributed by atoms with Crippen molar-refractivity contribution < 1.29 is 49.6 Å². The molecule has 1 fully saturated rings. The molecule has 50 heavy (non-hydrogen) atoms. The van der Waals surface area contributed by atoms with Gasteiger partial charge in [-0.15, -0.1) is 0 Å². The number of hydrogen-bond acceptors (Lipinski definition) is 10. The Kier molecular flexibility index (Phi) is 22.5. The number of carbonyl (C=O) groups is 1. The minimum absolute atomic E-state index is 0.248. The standard InChI is InChI=1S/C39H29NO10/c1-3-5-6-7-8-9-10-11-12-13-14-15-16-17-18-19-20-21-22-23-24-25-26-27-34(43)40-31(35(44)32(42)30-48-4-2)29-49-39-38(47)37(46)36(45)33(28-41)50-39/h31-33,35-39,41-42,44-47H,4,28-30H2,1-2H3,(H,40,43)/t31-,32+,33?,35-,36?,37?,38?,39?/m0/s1. The van der Waals surface area contributed by atoms with Gasteiger partial charge >= 0.3 is 0 Å². The first-order valence-corrected chi connectivity index (χ1v) is 14.4. The van der Waals surface area contributed by atoms with Crippen molar-refractivity contribution in [1.29, 1.82) is 0 Å². The summed E-state index contributed by atoms with van der Waals surface area (Å²) in [7, 11) is 0. The summed E-state index contributed by atoms with van der Waals surface area (Å²) in [6.45, 7) is 2.09. The van der Waals surface area contributed by atoms with Crippen molar-refractivity contribution in [3.8, 4) is 142 Å². The second kappa shape index (κ2) is 26.9. The molecule has 250 valence electrons. The summed E-state index contributed by atoms with van der Waals surface area (Å²) in [5.74, 6) is 57.7. The summed E-state index contributed by atoms with van der Waals surface area (Å²) in [5.41, 5.74) is 0. The lowest BCUT2D eigenvalue weighted by Gasteiger charge is -2.40. The SMILES string of the molecule is CC#CC#CC#CC#CC#CC#CC#CC#CC#CC#CC#CC#CC(=O)N[C@@H](COC1OC(CO)C(O)C(O)C1O)[C@H](O)[C@H](O)COCC. The summed E-state index contributed by atoms with van der Waals surface area (Å²) < 4.78 is 15.8. The van der Waals surface area contributed by atoms with Crippen LogP contribution < -0.4 is 5.32 Å². The van der Waals surface area contributed by atoms with E-state index in [1.54, 1.807) is 13.8 Å². The molecule has 1 amide bonds. The molecule has 7 N–H and O–H groups in total. The van der Waals surface area contributed by atoms with E-state index in [0.29, 0.717) is 0 Å². The Morgan fingerprint density at radius 2 is 1.12 bits per heavy atom. The lowest BCUT2D eigenvalue weighted by molar-refractivity contribution is -0.303. The van der Waals surface area contributed by atoms with Gasteiger partial charge in [-0.3, -0.25) is 4.79 Å². The lowest BCUT2D eigenvalue weighted by atomic mass is 9.99. The van der Waals surface area contributed by atoms with E-state index in [1.165, 1.54) is 0 Å². The van der Waals surface area contributed by atoms with Gasteiger partial charge in [0.15, 0.2) is 6.29 Å². The number of carbonyl (C=O) groups excluding carboxylic acids is 1. The monoisotopic (exact) mass is 671 g/mol. The highest BCUT2D eigenvalue weighted by atomic mass is 16.7. The maximum absolute atomic E-state index is 12.4. The zero-order valence-electron chi connectivity index (χ0n) is 26.8. The smallest absolute Gasteiger partial charge is 0.297 e. The van der Waals surface area contributed by atoms with E-state index in [-0.39, 0.29) is 13.2 Å². The molecule has 11 nitrogen and oxygen atoms in total. The Morgan fingerprint density at radius 1 is 0.680 bits per heavy atom. The van der Waals surface area contributed by atoms with Crippen LogP contribution in [0.2, 0.25) is 0 Å². The third-order valence-electron chi connectivity index (χ3n) is 5.52. The molecule has 0 radical (unpaired) electrons. The Morgan fingerprint density at radius 3 is 1.54 bits per heavy atom. The van der Waals surface area contributed by atoms with Gasteiger partial charge in [-0.05, 0) is 109 Å². The van der Waals surface area contributed by atoms with Crippen LogP contribution in [0.5, 0.6) is 0 Å². The molecule has 0 saturated carbocycles. The largest absolute Gasteiger partial charge is 0.394 e. The van der Waals surface area contributed by atoms with Crippen molar-refractivity contribution in [1.82, 2.24) is 5.32 Å². The number of rotatable bonds is 10. The van der Waals surface area contributed by atoms with Crippen molar-refractivity contribution in [2.45, 2.75) is 62.8 Å². The summed E-state index contributed by atoms with van der Waals surface area (Å²) in [5, 5.41) is 62.6. The van der Waals surface area contributed by atoms with Gasteiger partial charge in [0.25, 0.3) is 5.91 Å². The number of hydrogen-bond donors (Lipinski definition) is 7. The van der Waals surface area contributed by atoms with E-state index in [2.05, 4.69) is 147 Å². The van der Waals surface area contributed by atoms with E-state index in [1.807, 2.05) is 0 Å². The first-order valence-electron chi connectivity index (χ1n) is 14.4. The number of ether oxygens (including phenoxy) is 3. The molecule has 1 aliphatic heterocycles. The average molecular weight is 672 g/mol. The molecule has 1 heterocycles. The van der Waals surface area contributed by atoms with Crippen LogP contribution in [0.3, 0.4) is 0 Å². The molecule has 8 atom stereocenters. The van der Waals surface area contributed by atoms with Gasteiger partial charge in [0, 0.05) is 48.0 Å². The van der Waals surface area contributed by atoms with Crippen LogP contribution in [0.25, 0.3) is 0 Å². The highest BCUT2D eigenvalue weighted by molar-refractivity contribution is 5.94. The third kappa shape index (κ3) is 18.2. The van der Waals surface area contributed by atoms with Gasteiger partial charge in [-0.2, -0.15) is 0 Å². The van der Waals surface area contributed by atoms with Crippen molar-refractivity contribution >= 4 is 5.91 Å². The Labute approximate surface area is 291 Å². The van der Waals surface area contributed by atoms with Crippen LogP contribution in [0.1, 0.15) is 13.8 Å². The number of nitrogens with one attached hydrogen (secondary N) is 1. The summed E-state index contributed by atoms with van der Waals surface area (Å²) in [6.07, 6.45) is -10.9. The molecule has 11 heteroatoms. The maximum atomic E-state index is 12.4. The molecule has 1 aliphatic rings. The molecule has 0 bridgehead atoms. The molecular weight excluding hydrogens is 642 g/mol. The Bertz CT molecular complexity index is 1970. The number of aliphatic hydroxyl groups excluding tert-OH is 6. The normalized spacial score (nSPS) is 18.9. The van der Waals surface area contributed by atoms with E-state index in [0.717, 1.165) is 0 Å². The van der Waals surface area contributed by atoms with Gasteiger partial charge in [-0.25, -0.2) is 0 Å². The fourth-order valence-electron chi connectivity index (χ4n) is 3.21. The van der Waals surface area contributed by atoms with Crippen LogP contribution >= 0.6 is 0 Å². The maximum Gasteiger partial charge on any atom is 0.297 e. The summed E-state index contributed by atoms with van der Waals surface area (Å²) >= 11 is 0. The van der Waals surface area contributed by atoms with Crippen LogP contribution in [-0.2, 0) is 19.0 Å². The second-order valence-corrected chi connectivity index (χ2v) is 8.95. The van der Waals surface area contributed by atoms with E-state index in [4.69, 9.17) is 14.2 Å². The van der Waals surface area contributed by atoms with Gasteiger partial charge < -0.3 is 50.2 Å². The van der Waals surface area contributed by atoms with Crippen molar-refractivity contribution in [3.63, 3.8) is 0 Å². The van der Waals surface area contributed by atoms with Crippen LogP contribution in [0, 0.1) is 142 Å². The number of aliphatic hydroxyl groups is 6. The molecule has 0 aromatic rings. The average Bonchev–Trinajstić information content (AvgIpc) is 3.11. The van der Waals surface area contributed by atoms with Gasteiger partial charge in [-0.1, -0.05) is 5.92 Å². The topological polar surface area (TPSA) is 178 Å². The summed E-state index contributed by atoms with van der Waals surface area (Å²) in [4.78, 5) is 12.4.